The minimum absolute atomic E-state index is 0.0946. The van der Waals surface area contributed by atoms with Crippen LogP contribution in [0.2, 0.25) is 0 Å². The molecular formula is C32H56N2O4. The fourth-order valence-electron chi connectivity index (χ4n) is 4.62. The van der Waals surface area contributed by atoms with Gasteiger partial charge in [-0.2, -0.15) is 0 Å². The molecule has 1 aliphatic heterocycles. The number of carbonyl (C=O) groups excluding carboxylic acids is 2. The minimum atomic E-state index is -0.0946. The minimum Gasteiger partial charge on any atom is -0.464 e. The zero-order valence-electron chi connectivity index (χ0n) is 24.4. The first kappa shape index (κ1) is 34.1. The number of allylic oxidation sites excluding steroid dienone is 5. The van der Waals surface area contributed by atoms with Gasteiger partial charge in [-0.1, -0.05) is 69.6 Å². The lowest BCUT2D eigenvalue weighted by atomic mass is 10.0. The Morgan fingerprint density at radius 2 is 1.21 bits per heavy atom. The van der Waals surface area contributed by atoms with Crippen molar-refractivity contribution in [2.45, 2.75) is 129 Å². The predicted octanol–water partition coefficient (Wildman–Crippen LogP) is 6.95. The Hall–Kier alpha value is -1.92. The molecule has 0 spiro atoms. The fourth-order valence-corrected chi connectivity index (χ4v) is 4.62. The van der Waals surface area contributed by atoms with Crippen molar-refractivity contribution in [1.29, 1.82) is 0 Å². The lowest BCUT2D eigenvalue weighted by Crippen LogP contribution is -2.32. The second-order valence-electron chi connectivity index (χ2n) is 10.3. The second kappa shape index (κ2) is 25.4. The van der Waals surface area contributed by atoms with Gasteiger partial charge in [0, 0.05) is 38.0 Å². The summed E-state index contributed by atoms with van der Waals surface area (Å²) in [5.74, 6) is -0.189. The van der Waals surface area contributed by atoms with Gasteiger partial charge in [-0.25, -0.2) is 0 Å². The molecule has 1 rings (SSSR count). The maximum atomic E-state index is 12.0. The Labute approximate surface area is 233 Å². The Balaban J connectivity index is 2.49. The molecule has 6 heteroatoms. The summed E-state index contributed by atoms with van der Waals surface area (Å²) in [6.45, 7) is 6.71. The molecule has 0 aliphatic carbocycles. The number of carbonyl (C=O) groups is 2. The number of rotatable bonds is 4. The highest BCUT2D eigenvalue weighted by Crippen LogP contribution is 2.10. The summed E-state index contributed by atoms with van der Waals surface area (Å²) >= 11 is 0. The van der Waals surface area contributed by atoms with Crippen molar-refractivity contribution < 1.29 is 19.1 Å². The monoisotopic (exact) mass is 532 g/mol. The third-order valence-corrected chi connectivity index (χ3v) is 6.74. The normalized spacial score (nSPS) is 26.4. The van der Waals surface area contributed by atoms with E-state index < -0.39 is 0 Å². The Morgan fingerprint density at radius 1 is 0.684 bits per heavy atom. The number of esters is 2. The molecule has 0 fully saturated rings. The van der Waals surface area contributed by atoms with E-state index >= 15 is 0 Å². The number of hydrogen-bond donors (Lipinski definition) is 2. The van der Waals surface area contributed by atoms with Gasteiger partial charge in [0.25, 0.3) is 0 Å². The summed E-state index contributed by atoms with van der Waals surface area (Å²) in [6, 6.07) is 0.893. The van der Waals surface area contributed by atoms with Crippen LogP contribution in [0.25, 0.3) is 0 Å². The summed E-state index contributed by atoms with van der Waals surface area (Å²) in [6.07, 6.45) is 28.6. The fraction of sp³-hybridized carbons (Fsp3) is 0.750. The zero-order chi connectivity index (χ0) is 27.5. The maximum Gasteiger partial charge on any atom is 0.305 e. The largest absolute Gasteiger partial charge is 0.464 e. The van der Waals surface area contributed by atoms with Gasteiger partial charge in [0.1, 0.15) is 13.2 Å². The van der Waals surface area contributed by atoms with Crippen molar-refractivity contribution in [3.05, 3.63) is 36.5 Å². The van der Waals surface area contributed by atoms with Gasteiger partial charge < -0.3 is 20.1 Å². The molecule has 0 aromatic carbocycles. The van der Waals surface area contributed by atoms with Crippen LogP contribution in [0.15, 0.2) is 36.5 Å². The van der Waals surface area contributed by atoms with Crippen LogP contribution >= 0.6 is 0 Å². The lowest BCUT2D eigenvalue weighted by molar-refractivity contribution is -0.144. The summed E-state index contributed by atoms with van der Waals surface area (Å²) in [7, 11) is 0. The standard InChI is InChI=1S/C32H56N2O4/c1-3-19-29-21-15-11-7-5-9-13-18-24-32(36)38-28-26-34-30(20-4-2)22-16-12-8-6-10-14-17-23-31(35)37-27-25-33-29/h5-6,9-11,15,29-30,33-34H,3-4,7-8,12-14,16-28H2,1-2H3/b9-5-,10-6-,15-11-/t29-,30-/m0/s1. The summed E-state index contributed by atoms with van der Waals surface area (Å²) < 4.78 is 10.8. The number of ether oxygens (including phenoxy) is 2. The van der Waals surface area contributed by atoms with Crippen molar-refractivity contribution in [2.24, 2.45) is 0 Å². The van der Waals surface area contributed by atoms with Gasteiger partial charge in [-0.3, -0.25) is 9.59 Å². The molecule has 0 bridgehead atoms. The molecule has 2 N–H and O–H groups in total. The number of nitrogens with one attached hydrogen (secondary N) is 2. The quantitative estimate of drug-likeness (QED) is 0.301. The van der Waals surface area contributed by atoms with Crippen molar-refractivity contribution in [2.75, 3.05) is 26.3 Å². The van der Waals surface area contributed by atoms with E-state index in [2.05, 4.69) is 60.9 Å². The number of hydrogen-bond acceptors (Lipinski definition) is 6. The molecule has 6 nitrogen and oxygen atoms in total. The predicted molar refractivity (Wildman–Crippen MR) is 158 cm³/mol. The Bertz CT molecular complexity index is 674. The van der Waals surface area contributed by atoms with E-state index in [-0.39, 0.29) is 11.9 Å². The van der Waals surface area contributed by atoms with Crippen LogP contribution in [0.5, 0.6) is 0 Å². The van der Waals surface area contributed by atoms with Crippen LogP contribution in [0, 0.1) is 0 Å². The molecule has 0 radical (unpaired) electrons. The first-order chi connectivity index (χ1) is 18.7. The zero-order valence-corrected chi connectivity index (χ0v) is 24.4. The molecular weight excluding hydrogens is 476 g/mol. The van der Waals surface area contributed by atoms with Gasteiger partial charge in [-0.15, -0.1) is 0 Å². The molecule has 0 unspecified atom stereocenters. The van der Waals surface area contributed by atoms with Crippen LogP contribution in [0.4, 0.5) is 0 Å². The summed E-state index contributed by atoms with van der Waals surface area (Å²) in [5.41, 5.74) is 0. The molecule has 0 aromatic rings. The van der Waals surface area contributed by atoms with Gasteiger partial charge in [-0.05, 0) is 70.6 Å². The first-order valence-electron chi connectivity index (χ1n) is 15.4. The Morgan fingerprint density at radius 3 is 1.84 bits per heavy atom. The highest BCUT2D eigenvalue weighted by Gasteiger charge is 2.08. The lowest BCUT2D eigenvalue weighted by Gasteiger charge is -2.18. The van der Waals surface area contributed by atoms with Crippen LogP contribution in [0.1, 0.15) is 117 Å². The van der Waals surface area contributed by atoms with Crippen molar-refractivity contribution >= 4 is 11.9 Å². The maximum absolute atomic E-state index is 12.0. The average Bonchev–Trinajstić information content (AvgIpc) is 2.90. The van der Waals surface area contributed by atoms with Crippen molar-refractivity contribution in [1.82, 2.24) is 10.6 Å². The van der Waals surface area contributed by atoms with E-state index in [1.807, 2.05) is 0 Å². The smallest absolute Gasteiger partial charge is 0.305 e. The topological polar surface area (TPSA) is 76.7 Å². The Kier molecular flexibility index (Phi) is 22.8. The van der Waals surface area contributed by atoms with E-state index in [1.165, 1.54) is 12.8 Å². The summed E-state index contributed by atoms with van der Waals surface area (Å²) in [5, 5.41) is 7.10. The molecule has 38 heavy (non-hydrogen) atoms. The van der Waals surface area contributed by atoms with Crippen LogP contribution < -0.4 is 10.6 Å². The molecule has 0 saturated carbocycles. The van der Waals surface area contributed by atoms with E-state index in [0.29, 0.717) is 44.7 Å². The SMILES string of the molecule is CCC[C@H]1CCCC/C=C\CCCC(=O)OCCN[C@@H](CCC)C/C=C\C/C=C\CCCC(=O)OCCN1. The van der Waals surface area contributed by atoms with Gasteiger partial charge in [0.2, 0.25) is 0 Å². The molecule has 2 atom stereocenters. The number of cyclic esters (lactones) is 2. The van der Waals surface area contributed by atoms with Crippen molar-refractivity contribution in [3.63, 3.8) is 0 Å². The second-order valence-corrected chi connectivity index (χ2v) is 10.3. The molecule has 1 heterocycles. The summed E-state index contributed by atoms with van der Waals surface area (Å²) in [4.78, 5) is 24.0. The highest BCUT2D eigenvalue weighted by atomic mass is 16.5. The third-order valence-electron chi connectivity index (χ3n) is 6.74. The van der Waals surface area contributed by atoms with E-state index in [1.54, 1.807) is 0 Å². The molecule has 218 valence electrons. The van der Waals surface area contributed by atoms with E-state index in [9.17, 15) is 9.59 Å². The van der Waals surface area contributed by atoms with Gasteiger partial charge in [0.15, 0.2) is 0 Å². The molecule has 0 aromatic heterocycles. The van der Waals surface area contributed by atoms with Crippen LogP contribution in [0.3, 0.4) is 0 Å². The average molecular weight is 533 g/mol. The first-order valence-corrected chi connectivity index (χ1v) is 15.4. The molecule has 0 saturated heterocycles. The van der Waals surface area contributed by atoms with Crippen LogP contribution in [-0.2, 0) is 19.1 Å². The van der Waals surface area contributed by atoms with E-state index in [4.69, 9.17) is 9.47 Å². The third kappa shape index (κ3) is 21.1. The van der Waals surface area contributed by atoms with Gasteiger partial charge >= 0.3 is 11.9 Å². The molecule has 1 aliphatic rings. The van der Waals surface area contributed by atoms with Gasteiger partial charge in [0.05, 0.1) is 0 Å². The highest BCUT2D eigenvalue weighted by molar-refractivity contribution is 5.69. The van der Waals surface area contributed by atoms with Crippen molar-refractivity contribution in [3.8, 4) is 0 Å². The van der Waals surface area contributed by atoms with E-state index in [0.717, 1.165) is 83.6 Å². The molecule has 0 amide bonds. The van der Waals surface area contributed by atoms with Crippen LogP contribution in [-0.4, -0.2) is 50.3 Å².